The predicted molar refractivity (Wildman–Crippen MR) is 87.8 cm³/mol. The van der Waals surface area contributed by atoms with Gasteiger partial charge >= 0.3 is 0 Å². The summed E-state index contributed by atoms with van der Waals surface area (Å²) in [5.74, 6) is 0.00999. The summed E-state index contributed by atoms with van der Waals surface area (Å²) in [5.41, 5.74) is 0.236. The summed E-state index contributed by atoms with van der Waals surface area (Å²) in [7, 11) is 1.47. The third-order valence-corrected chi connectivity index (χ3v) is 3.55. The molecule has 0 aliphatic carbocycles. The first-order chi connectivity index (χ1) is 10.4. The molecule has 116 valence electrons. The van der Waals surface area contributed by atoms with Gasteiger partial charge < -0.3 is 10.1 Å². The molecule has 0 unspecified atom stereocenters. The molecule has 1 N–H and O–H groups in total. The van der Waals surface area contributed by atoms with Crippen LogP contribution in [0.25, 0.3) is 0 Å². The maximum absolute atomic E-state index is 12.3. The fourth-order valence-electron chi connectivity index (χ4n) is 1.75. The number of carbonyl (C=O) groups is 1. The van der Waals surface area contributed by atoms with Gasteiger partial charge in [0.05, 0.1) is 16.8 Å². The van der Waals surface area contributed by atoms with E-state index in [4.69, 9.17) is 16.3 Å². The lowest BCUT2D eigenvalue weighted by Crippen LogP contribution is -2.23. The normalized spacial score (nSPS) is 10.4. The number of halogens is 2. The van der Waals surface area contributed by atoms with Gasteiger partial charge in [0.1, 0.15) is 5.69 Å². The molecule has 0 fully saturated rings. The highest BCUT2D eigenvalue weighted by atomic mass is 79.9. The Hall–Kier alpha value is -1.86. The van der Waals surface area contributed by atoms with Gasteiger partial charge in [-0.25, -0.2) is 4.68 Å². The predicted octanol–water partition coefficient (Wildman–Crippen LogP) is 2.85. The summed E-state index contributed by atoms with van der Waals surface area (Å²) in [4.78, 5) is 23.6. The second-order valence-electron chi connectivity index (χ2n) is 4.33. The highest BCUT2D eigenvalue weighted by Crippen LogP contribution is 2.36. The molecule has 0 spiro atoms. The first kappa shape index (κ1) is 16.5. The maximum Gasteiger partial charge on any atom is 0.276 e. The van der Waals surface area contributed by atoms with Gasteiger partial charge in [-0.1, -0.05) is 11.6 Å². The van der Waals surface area contributed by atoms with E-state index in [2.05, 4.69) is 26.3 Å². The number of aromatic nitrogens is 2. The van der Waals surface area contributed by atoms with Crippen LogP contribution < -0.4 is 15.6 Å². The van der Waals surface area contributed by atoms with Crippen molar-refractivity contribution < 1.29 is 9.53 Å². The van der Waals surface area contributed by atoms with E-state index in [1.165, 1.54) is 19.2 Å². The molecule has 0 aliphatic heterocycles. The van der Waals surface area contributed by atoms with E-state index < -0.39 is 5.91 Å². The smallest absolute Gasteiger partial charge is 0.276 e. The molecule has 0 aliphatic rings. The first-order valence-electron chi connectivity index (χ1n) is 6.40. The Morgan fingerprint density at radius 2 is 2.18 bits per heavy atom. The van der Waals surface area contributed by atoms with Gasteiger partial charge in [0, 0.05) is 18.1 Å². The average Bonchev–Trinajstić information content (AvgIpc) is 2.45. The molecule has 1 heterocycles. The Morgan fingerprint density at radius 1 is 1.45 bits per heavy atom. The second kappa shape index (κ2) is 6.93. The van der Waals surface area contributed by atoms with E-state index in [1.54, 1.807) is 12.1 Å². The van der Waals surface area contributed by atoms with Crippen molar-refractivity contribution in [2.24, 2.45) is 7.05 Å². The highest BCUT2D eigenvalue weighted by molar-refractivity contribution is 9.10. The monoisotopic (exact) mass is 385 g/mol. The molecular weight excluding hydrogens is 374 g/mol. The minimum Gasteiger partial charge on any atom is -0.491 e. The molecular formula is C14H13BrClN3O3. The molecule has 0 atom stereocenters. The lowest BCUT2D eigenvalue weighted by atomic mass is 10.2. The number of hydrogen-bond acceptors (Lipinski definition) is 4. The van der Waals surface area contributed by atoms with Gasteiger partial charge in [0.15, 0.2) is 5.75 Å². The van der Waals surface area contributed by atoms with Gasteiger partial charge in [-0.2, -0.15) is 5.10 Å². The number of benzene rings is 1. The molecule has 0 saturated carbocycles. The molecule has 1 amide bonds. The van der Waals surface area contributed by atoms with Gasteiger partial charge in [-0.3, -0.25) is 9.59 Å². The van der Waals surface area contributed by atoms with Crippen molar-refractivity contribution in [3.05, 3.63) is 49.8 Å². The summed E-state index contributed by atoms with van der Waals surface area (Å²) < 4.78 is 7.23. The molecule has 0 radical (unpaired) electrons. The third-order valence-electron chi connectivity index (χ3n) is 2.74. The van der Waals surface area contributed by atoms with Crippen molar-refractivity contribution in [2.45, 2.75) is 6.92 Å². The van der Waals surface area contributed by atoms with Crippen LogP contribution in [0.2, 0.25) is 5.02 Å². The summed E-state index contributed by atoms with van der Waals surface area (Å²) >= 11 is 9.34. The van der Waals surface area contributed by atoms with Gasteiger partial charge in [-0.15, -0.1) is 0 Å². The van der Waals surface area contributed by atoms with Crippen LogP contribution in [0.4, 0.5) is 5.69 Å². The van der Waals surface area contributed by atoms with Gasteiger partial charge in [0.2, 0.25) is 0 Å². The Balaban J connectivity index is 2.35. The lowest BCUT2D eigenvalue weighted by molar-refractivity contribution is 0.101. The average molecular weight is 387 g/mol. The van der Waals surface area contributed by atoms with Crippen molar-refractivity contribution in [3.63, 3.8) is 0 Å². The van der Waals surface area contributed by atoms with Crippen molar-refractivity contribution >= 4 is 39.1 Å². The number of rotatable bonds is 4. The number of amides is 1. The zero-order valence-electron chi connectivity index (χ0n) is 11.9. The fraction of sp³-hybridized carbons (Fsp3) is 0.214. The van der Waals surface area contributed by atoms with E-state index in [9.17, 15) is 9.59 Å². The first-order valence-corrected chi connectivity index (χ1v) is 7.57. The van der Waals surface area contributed by atoms with Crippen molar-refractivity contribution in [1.82, 2.24) is 9.78 Å². The number of carbonyl (C=O) groups excluding carboxylic acids is 1. The third kappa shape index (κ3) is 3.66. The lowest BCUT2D eigenvalue weighted by Gasteiger charge is -2.13. The van der Waals surface area contributed by atoms with E-state index >= 15 is 0 Å². The molecule has 1 aromatic heterocycles. The minimum absolute atomic E-state index is 0.112. The standard InChI is InChI=1S/C14H13BrClN3O3/c1-3-22-13-9(15)6-8(16)7-11(13)17-14(21)10-4-5-12(20)19(2)18-10/h4-7H,3H2,1-2H3,(H,17,21). The summed E-state index contributed by atoms with van der Waals surface area (Å²) in [6, 6.07) is 5.89. The largest absolute Gasteiger partial charge is 0.491 e. The molecule has 2 rings (SSSR count). The minimum atomic E-state index is -0.467. The van der Waals surface area contributed by atoms with Crippen LogP contribution in [0, 0.1) is 0 Å². The SMILES string of the molecule is CCOc1c(Br)cc(Cl)cc1NC(=O)c1ccc(=O)n(C)n1. The fourth-order valence-corrected chi connectivity index (χ4v) is 2.68. The van der Waals surface area contributed by atoms with Crippen molar-refractivity contribution in [1.29, 1.82) is 0 Å². The number of ether oxygens (including phenoxy) is 1. The van der Waals surface area contributed by atoms with E-state index in [-0.39, 0.29) is 11.3 Å². The molecule has 6 nitrogen and oxygen atoms in total. The molecule has 22 heavy (non-hydrogen) atoms. The van der Waals surface area contributed by atoms with Crippen LogP contribution in [0.3, 0.4) is 0 Å². The van der Waals surface area contributed by atoms with E-state index in [0.29, 0.717) is 27.5 Å². The Kier molecular flexibility index (Phi) is 5.20. The topological polar surface area (TPSA) is 73.2 Å². The summed E-state index contributed by atoms with van der Waals surface area (Å²) in [5, 5.41) is 7.02. The Bertz CT molecular complexity index is 776. The number of aryl methyl sites for hydroxylation is 1. The van der Waals surface area contributed by atoms with Crippen LogP contribution >= 0.6 is 27.5 Å². The summed E-state index contributed by atoms with van der Waals surface area (Å²) in [6.45, 7) is 2.27. The van der Waals surface area contributed by atoms with Crippen LogP contribution in [-0.4, -0.2) is 22.3 Å². The van der Waals surface area contributed by atoms with E-state index in [0.717, 1.165) is 4.68 Å². The molecule has 2 aromatic rings. The number of anilines is 1. The number of nitrogens with one attached hydrogen (secondary N) is 1. The maximum atomic E-state index is 12.3. The molecule has 1 aromatic carbocycles. The van der Waals surface area contributed by atoms with Crippen LogP contribution in [0.5, 0.6) is 5.75 Å². The van der Waals surface area contributed by atoms with Gasteiger partial charge in [0.25, 0.3) is 11.5 Å². The quantitative estimate of drug-likeness (QED) is 0.877. The molecule has 8 heteroatoms. The number of nitrogens with zero attached hydrogens (tertiary/aromatic N) is 2. The van der Waals surface area contributed by atoms with Crippen LogP contribution in [0.1, 0.15) is 17.4 Å². The highest BCUT2D eigenvalue weighted by Gasteiger charge is 2.15. The van der Waals surface area contributed by atoms with Crippen molar-refractivity contribution in [3.8, 4) is 5.75 Å². The van der Waals surface area contributed by atoms with Crippen LogP contribution in [0.15, 0.2) is 33.5 Å². The zero-order valence-corrected chi connectivity index (χ0v) is 14.2. The zero-order chi connectivity index (χ0) is 16.3. The Labute approximate surface area is 140 Å². The molecule has 0 saturated heterocycles. The Morgan fingerprint density at radius 3 is 2.82 bits per heavy atom. The molecule has 0 bridgehead atoms. The number of hydrogen-bond donors (Lipinski definition) is 1. The van der Waals surface area contributed by atoms with Crippen LogP contribution in [-0.2, 0) is 7.05 Å². The van der Waals surface area contributed by atoms with Crippen molar-refractivity contribution in [2.75, 3.05) is 11.9 Å². The second-order valence-corrected chi connectivity index (χ2v) is 5.62. The summed E-state index contributed by atoms with van der Waals surface area (Å²) in [6.07, 6.45) is 0. The van der Waals surface area contributed by atoms with Gasteiger partial charge in [-0.05, 0) is 41.1 Å². The van der Waals surface area contributed by atoms with E-state index in [1.807, 2.05) is 6.92 Å².